The standard InChI is InChI=1S/C21H23ClN2O2S/c1-13-8-14(22)9-18(20(13)26-12-15-4-2-3-6-23-15)17-5-7-24-19-10-16(11-25)27-21(17)19/h5,7-10,15,23,25H,2-4,6,11-12H2,1H3/t15-/m0/s1. The van der Waals surface area contributed by atoms with Crippen LogP contribution in [0.25, 0.3) is 21.3 Å². The summed E-state index contributed by atoms with van der Waals surface area (Å²) in [6.45, 7) is 3.76. The third-order valence-corrected chi connectivity index (χ3v) is 6.35. The van der Waals surface area contributed by atoms with Crippen LogP contribution in [0.5, 0.6) is 5.75 Å². The number of aromatic nitrogens is 1. The molecule has 0 radical (unpaired) electrons. The third-order valence-electron chi connectivity index (χ3n) is 4.99. The molecule has 0 amide bonds. The zero-order valence-electron chi connectivity index (χ0n) is 15.3. The van der Waals surface area contributed by atoms with Crippen LogP contribution in [0.4, 0.5) is 0 Å². The van der Waals surface area contributed by atoms with Crippen molar-refractivity contribution in [3.05, 3.63) is 45.9 Å². The molecule has 0 saturated carbocycles. The van der Waals surface area contributed by atoms with E-state index in [1.54, 1.807) is 17.5 Å². The lowest BCUT2D eigenvalue weighted by Gasteiger charge is -2.25. The minimum absolute atomic E-state index is 0.0196. The van der Waals surface area contributed by atoms with E-state index in [9.17, 15) is 5.11 Å². The Hall–Kier alpha value is -1.66. The van der Waals surface area contributed by atoms with Gasteiger partial charge in [0, 0.05) is 33.3 Å². The van der Waals surface area contributed by atoms with Crippen LogP contribution >= 0.6 is 22.9 Å². The van der Waals surface area contributed by atoms with Crippen molar-refractivity contribution in [2.45, 2.75) is 38.8 Å². The lowest BCUT2D eigenvalue weighted by molar-refractivity contribution is 0.238. The van der Waals surface area contributed by atoms with Gasteiger partial charge in [0.1, 0.15) is 12.4 Å². The molecule has 0 aliphatic carbocycles. The summed E-state index contributed by atoms with van der Waals surface area (Å²) in [6, 6.07) is 8.23. The molecule has 3 heterocycles. The second-order valence-electron chi connectivity index (χ2n) is 7.00. The second-order valence-corrected chi connectivity index (χ2v) is 8.57. The molecule has 1 saturated heterocycles. The third kappa shape index (κ3) is 3.97. The monoisotopic (exact) mass is 402 g/mol. The van der Waals surface area contributed by atoms with Crippen molar-refractivity contribution in [3.63, 3.8) is 0 Å². The zero-order valence-corrected chi connectivity index (χ0v) is 16.9. The van der Waals surface area contributed by atoms with Crippen molar-refractivity contribution >= 4 is 33.2 Å². The van der Waals surface area contributed by atoms with Crippen molar-refractivity contribution in [1.82, 2.24) is 10.3 Å². The Morgan fingerprint density at radius 1 is 1.30 bits per heavy atom. The van der Waals surface area contributed by atoms with Crippen LogP contribution in [0.2, 0.25) is 5.02 Å². The fourth-order valence-electron chi connectivity index (χ4n) is 3.65. The van der Waals surface area contributed by atoms with Gasteiger partial charge in [-0.15, -0.1) is 11.3 Å². The van der Waals surface area contributed by atoms with Gasteiger partial charge in [-0.1, -0.05) is 18.0 Å². The number of benzene rings is 1. The van der Waals surface area contributed by atoms with Gasteiger partial charge >= 0.3 is 0 Å². The van der Waals surface area contributed by atoms with Crippen molar-refractivity contribution in [3.8, 4) is 16.9 Å². The molecule has 4 nitrogen and oxygen atoms in total. The maximum absolute atomic E-state index is 9.50. The number of nitrogens with one attached hydrogen (secondary N) is 1. The minimum Gasteiger partial charge on any atom is -0.491 e. The molecule has 6 heteroatoms. The average molecular weight is 403 g/mol. The number of halogens is 1. The van der Waals surface area contributed by atoms with E-state index in [4.69, 9.17) is 16.3 Å². The molecule has 1 fully saturated rings. The number of aliphatic hydroxyl groups excluding tert-OH is 1. The van der Waals surface area contributed by atoms with Crippen LogP contribution in [0, 0.1) is 6.92 Å². The summed E-state index contributed by atoms with van der Waals surface area (Å²) in [5.74, 6) is 0.873. The molecule has 4 rings (SSSR count). The fourth-order valence-corrected chi connectivity index (χ4v) is 4.92. The average Bonchev–Trinajstić information content (AvgIpc) is 3.11. The molecule has 1 atom stereocenters. The van der Waals surface area contributed by atoms with E-state index < -0.39 is 0 Å². The number of aryl methyl sites for hydroxylation is 1. The lowest BCUT2D eigenvalue weighted by atomic mass is 10.0. The Labute approximate surface area is 168 Å². The molecule has 0 unspecified atom stereocenters. The summed E-state index contributed by atoms with van der Waals surface area (Å²) in [5, 5.41) is 13.7. The predicted octanol–water partition coefficient (Wildman–Crippen LogP) is 4.94. The summed E-state index contributed by atoms with van der Waals surface area (Å²) in [6.07, 6.45) is 5.43. The van der Waals surface area contributed by atoms with E-state index in [0.29, 0.717) is 17.7 Å². The first kappa shape index (κ1) is 18.7. The Morgan fingerprint density at radius 3 is 2.96 bits per heavy atom. The highest BCUT2D eigenvalue weighted by molar-refractivity contribution is 7.19. The molecule has 0 spiro atoms. The van der Waals surface area contributed by atoms with Crippen molar-refractivity contribution in [1.29, 1.82) is 0 Å². The summed E-state index contributed by atoms with van der Waals surface area (Å²) in [7, 11) is 0. The molecule has 27 heavy (non-hydrogen) atoms. The molecule has 1 aromatic carbocycles. The van der Waals surface area contributed by atoms with E-state index >= 15 is 0 Å². The fraction of sp³-hybridized carbons (Fsp3) is 0.381. The number of pyridine rings is 1. The van der Waals surface area contributed by atoms with Crippen LogP contribution in [0.3, 0.4) is 0 Å². The summed E-state index contributed by atoms with van der Waals surface area (Å²) in [5.41, 5.74) is 3.94. The largest absolute Gasteiger partial charge is 0.491 e. The van der Waals surface area contributed by atoms with Crippen LogP contribution in [0.15, 0.2) is 30.5 Å². The highest BCUT2D eigenvalue weighted by Gasteiger charge is 2.18. The Kier molecular flexibility index (Phi) is 5.64. The van der Waals surface area contributed by atoms with Crippen molar-refractivity contribution < 1.29 is 9.84 Å². The molecule has 3 aromatic rings. The first-order valence-electron chi connectivity index (χ1n) is 9.30. The first-order chi connectivity index (χ1) is 13.2. The van der Waals surface area contributed by atoms with E-state index in [-0.39, 0.29) is 6.61 Å². The van der Waals surface area contributed by atoms with Crippen LogP contribution in [-0.4, -0.2) is 29.3 Å². The molecule has 1 aliphatic rings. The van der Waals surface area contributed by atoms with E-state index in [1.807, 2.05) is 31.2 Å². The van der Waals surface area contributed by atoms with Gasteiger partial charge in [0.25, 0.3) is 0 Å². The SMILES string of the molecule is Cc1cc(Cl)cc(-c2ccnc3cc(CO)sc23)c1OC[C@@H]1CCCCN1. The van der Waals surface area contributed by atoms with Crippen molar-refractivity contribution in [2.24, 2.45) is 0 Å². The van der Waals surface area contributed by atoms with E-state index in [2.05, 4.69) is 10.3 Å². The number of hydrogen-bond acceptors (Lipinski definition) is 5. The molecule has 2 aromatic heterocycles. The minimum atomic E-state index is 0.0196. The van der Waals surface area contributed by atoms with Gasteiger partial charge in [0.2, 0.25) is 0 Å². The normalized spacial score (nSPS) is 17.4. The smallest absolute Gasteiger partial charge is 0.130 e. The summed E-state index contributed by atoms with van der Waals surface area (Å²) >= 11 is 7.95. The number of fused-ring (bicyclic) bond motifs is 1. The Morgan fingerprint density at radius 2 is 2.19 bits per heavy atom. The Bertz CT molecular complexity index is 951. The van der Waals surface area contributed by atoms with Gasteiger partial charge in [0.15, 0.2) is 0 Å². The molecule has 142 valence electrons. The van der Waals surface area contributed by atoms with Crippen LogP contribution < -0.4 is 10.1 Å². The number of nitrogens with zero attached hydrogens (tertiary/aromatic N) is 1. The van der Waals surface area contributed by atoms with E-state index in [0.717, 1.165) is 50.5 Å². The van der Waals surface area contributed by atoms with E-state index in [1.165, 1.54) is 12.8 Å². The lowest BCUT2D eigenvalue weighted by Crippen LogP contribution is -2.38. The van der Waals surface area contributed by atoms with Gasteiger partial charge in [-0.3, -0.25) is 4.98 Å². The van der Waals surface area contributed by atoms with Gasteiger partial charge in [-0.2, -0.15) is 0 Å². The molecular weight excluding hydrogens is 380 g/mol. The zero-order chi connectivity index (χ0) is 18.8. The van der Waals surface area contributed by atoms with Crippen LogP contribution in [-0.2, 0) is 6.61 Å². The second kappa shape index (κ2) is 8.15. The number of ether oxygens (including phenoxy) is 1. The maximum Gasteiger partial charge on any atom is 0.130 e. The highest BCUT2D eigenvalue weighted by atomic mass is 35.5. The molecule has 0 bridgehead atoms. The van der Waals surface area contributed by atoms with Crippen LogP contribution in [0.1, 0.15) is 29.7 Å². The maximum atomic E-state index is 9.50. The van der Waals surface area contributed by atoms with Gasteiger partial charge in [-0.25, -0.2) is 0 Å². The Balaban J connectivity index is 1.74. The number of rotatable bonds is 5. The van der Waals surface area contributed by atoms with Gasteiger partial charge in [0.05, 0.1) is 16.8 Å². The number of aliphatic hydroxyl groups is 1. The summed E-state index contributed by atoms with van der Waals surface area (Å²) < 4.78 is 7.36. The summed E-state index contributed by atoms with van der Waals surface area (Å²) in [4.78, 5) is 5.35. The predicted molar refractivity (Wildman–Crippen MR) is 112 cm³/mol. The van der Waals surface area contributed by atoms with Gasteiger partial charge < -0.3 is 15.2 Å². The quantitative estimate of drug-likeness (QED) is 0.634. The first-order valence-corrected chi connectivity index (χ1v) is 10.5. The van der Waals surface area contributed by atoms with Gasteiger partial charge in [-0.05, 0) is 56.1 Å². The molecule has 2 N–H and O–H groups in total. The number of hydrogen-bond donors (Lipinski definition) is 2. The number of thiophene rings is 1. The highest BCUT2D eigenvalue weighted by Crippen LogP contribution is 2.41. The van der Waals surface area contributed by atoms with Crippen molar-refractivity contribution in [2.75, 3.05) is 13.2 Å². The molecular formula is C21H23ClN2O2S. The number of piperidine rings is 1. The topological polar surface area (TPSA) is 54.4 Å². The molecule has 1 aliphatic heterocycles.